The van der Waals surface area contributed by atoms with Crippen LogP contribution < -0.4 is 5.73 Å². The van der Waals surface area contributed by atoms with E-state index in [1.165, 1.54) is 5.56 Å². The molecule has 2 N–H and O–H groups in total. The van der Waals surface area contributed by atoms with E-state index in [2.05, 4.69) is 24.2 Å². The zero-order valence-electron chi connectivity index (χ0n) is 11.3. The molecule has 4 heteroatoms. The molecule has 2 heterocycles. The predicted octanol–water partition coefficient (Wildman–Crippen LogP) is 2.83. The first-order valence-electron chi connectivity index (χ1n) is 6.30. The molecule has 19 heavy (non-hydrogen) atoms. The summed E-state index contributed by atoms with van der Waals surface area (Å²) in [6.07, 6.45) is 3.70. The Hall–Kier alpha value is -2.07. The van der Waals surface area contributed by atoms with Gasteiger partial charge in [-0.1, -0.05) is 12.1 Å². The van der Waals surface area contributed by atoms with E-state index in [9.17, 15) is 0 Å². The molecule has 0 amide bonds. The number of rotatable bonds is 2. The summed E-state index contributed by atoms with van der Waals surface area (Å²) in [5, 5.41) is 5.28. The Balaban J connectivity index is 2.12. The average Bonchev–Trinajstić information content (AvgIpc) is 2.93. The molecule has 2 aromatic heterocycles. The molecule has 4 nitrogen and oxygen atoms in total. The minimum Gasteiger partial charge on any atom is -0.459 e. The number of benzene rings is 1. The van der Waals surface area contributed by atoms with Gasteiger partial charge in [-0.3, -0.25) is 4.68 Å². The highest BCUT2D eigenvalue weighted by Gasteiger charge is 2.19. The van der Waals surface area contributed by atoms with E-state index in [-0.39, 0.29) is 6.04 Å². The van der Waals surface area contributed by atoms with E-state index in [0.29, 0.717) is 0 Å². The van der Waals surface area contributed by atoms with E-state index < -0.39 is 0 Å². The molecule has 3 aromatic rings. The van der Waals surface area contributed by atoms with Gasteiger partial charge in [-0.25, -0.2) is 0 Å². The van der Waals surface area contributed by atoms with Gasteiger partial charge in [0.15, 0.2) is 0 Å². The van der Waals surface area contributed by atoms with Gasteiger partial charge in [0.1, 0.15) is 11.3 Å². The lowest BCUT2D eigenvalue weighted by Crippen LogP contribution is -2.11. The Morgan fingerprint density at radius 2 is 2.11 bits per heavy atom. The van der Waals surface area contributed by atoms with E-state index >= 15 is 0 Å². The zero-order valence-corrected chi connectivity index (χ0v) is 11.3. The first-order valence-corrected chi connectivity index (χ1v) is 6.30. The van der Waals surface area contributed by atoms with Crippen LogP contribution in [-0.4, -0.2) is 9.78 Å². The Bertz CT molecular complexity index is 739. The summed E-state index contributed by atoms with van der Waals surface area (Å²) in [6, 6.07) is 5.94. The topological polar surface area (TPSA) is 57.0 Å². The van der Waals surface area contributed by atoms with Crippen molar-refractivity contribution in [2.24, 2.45) is 12.8 Å². The monoisotopic (exact) mass is 255 g/mol. The van der Waals surface area contributed by atoms with Crippen molar-refractivity contribution >= 4 is 11.0 Å². The number of nitrogens with two attached hydrogens (primary N) is 1. The van der Waals surface area contributed by atoms with Crippen molar-refractivity contribution < 1.29 is 4.42 Å². The number of aromatic nitrogens is 2. The number of aryl methyl sites for hydroxylation is 3. The zero-order chi connectivity index (χ0) is 13.6. The standard InChI is InChI=1S/C15H17N3O/c1-9-4-5-12-10(2)15(19-13(12)6-9)14(16)11-7-17-18(3)8-11/h4-8,14H,16H2,1-3H3. The van der Waals surface area contributed by atoms with Crippen molar-refractivity contribution in [1.29, 1.82) is 0 Å². The summed E-state index contributed by atoms with van der Waals surface area (Å²) in [6.45, 7) is 4.10. The highest BCUT2D eigenvalue weighted by atomic mass is 16.3. The van der Waals surface area contributed by atoms with Crippen LogP contribution in [0.5, 0.6) is 0 Å². The van der Waals surface area contributed by atoms with Crippen LogP contribution in [0.3, 0.4) is 0 Å². The van der Waals surface area contributed by atoms with Crippen molar-refractivity contribution in [2.45, 2.75) is 19.9 Å². The first-order chi connectivity index (χ1) is 9.06. The van der Waals surface area contributed by atoms with Gasteiger partial charge in [-0.2, -0.15) is 5.10 Å². The van der Waals surface area contributed by atoms with Crippen LogP contribution in [0.15, 0.2) is 35.0 Å². The molecule has 0 bridgehead atoms. The molecule has 0 saturated carbocycles. The van der Waals surface area contributed by atoms with Gasteiger partial charge >= 0.3 is 0 Å². The molecular weight excluding hydrogens is 238 g/mol. The minimum absolute atomic E-state index is 0.276. The summed E-state index contributed by atoms with van der Waals surface area (Å²) >= 11 is 0. The van der Waals surface area contributed by atoms with Crippen molar-refractivity contribution in [3.63, 3.8) is 0 Å². The quantitative estimate of drug-likeness (QED) is 0.766. The molecule has 0 aliphatic heterocycles. The number of hydrogen-bond donors (Lipinski definition) is 1. The fourth-order valence-corrected chi connectivity index (χ4v) is 2.40. The Kier molecular flexibility index (Phi) is 2.68. The Labute approximate surface area is 111 Å². The van der Waals surface area contributed by atoms with Gasteiger partial charge in [-0.05, 0) is 25.5 Å². The number of fused-ring (bicyclic) bond motifs is 1. The first kappa shape index (κ1) is 12.0. The molecule has 0 fully saturated rings. The third-order valence-corrected chi connectivity index (χ3v) is 3.50. The molecule has 3 rings (SSSR count). The van der Waals surface area contributed by atoms with Crippen molar-refractivity contribution in [3.8, 4) is 0 Å². The number of nitrogens with zero attached hydrogens (tertiary/aromatic N) is 2. The van der Waals surface area contributed by atoms with Crippen LogP contribution in [-0.2, 0) is 7.05 Å². The summed E-state index contributed by atoms with van der Waals surface area (Å²) in [7, 11) is 1.88. The van der Waals surface area contributed by atoms with Crippen LogP contribution in [0.25, 0.3) is 11.0 Å². The summed E-state index contributed by atoms with van der Waals surface area (Å²) in [5.41, 5.74) is 10.4. The van der Waals surface area contributed by atoms with Crippen LogP contribution in [0.4, 0.5) is 0 Å². The lowest BCUT2D eigenvalue weighted by molar-refractivity contribution is 0.521. The lowest BCUT2D eigenvalue weighted by atomic mass is 10.0. The summed E-state index contributed by atoms with van der Waals surface area (Å²) in [4.78, 5) is 0. The maximum atomic E-state index is 6.29. The van der Waals surface area contributed by atoms with Crippen molar-refractivity contribution in [1.82, 2.24) is 9.78 Å². The van der Waals surface area contributed by atoms with Gasteiger partial charge in [0.25, 0.3) is 0 Å². The molecule has 0 saturated heterocycles. The van der Waals surface area contributed by atoms with E-state index in [0.717, 1.165) is 27.9 Å². The van der Waals surface area contributed by atoms with Gasteiger partial charge in [0, 0.05) is 29.8 Å². The van der Waals surface area contributed by atoms with Crippen molar-refractivity contribution in [3.05, 3.63) is 53.0 Å². The normalized spacial score (nSPS) is 13.1. The largest absolute Gasteiger partial charge is 0.459 e. The molecule has 1 unspecified atom stereocenters. The second kappa shape index (κ2) is 4.24. The molecule has 1 aromatic carbocycles. The van der Waals surface area contributed by atoms with E-state index in [4.69, 9.17) is 10.2 Å². The second-order valence-corrected chi connectivity index (χ2v) is 5.02. The Morgan fingerprint density at radius 3 is 2.79 bits per heavy atom. The van der Waals surface area contributed by atoms with Crippen LogP contribution in [0.2, 0.25) is 0 Å². The third kappa shape index (κ3) is 1.94. The Morgan fingerprint density at radius 1 is 1.32 bits per heavy atom. The minimum atomic E-state index is -0.276. The molecular formula is C15H17N3O. The van der Waals surface area contributed by atoms with Crippen LogP contribution in [0, 0.1) is 13.8 Å². The average molecular weight is 255 g/mol. The maximum Gasteiger partial charge on any atom is 0.134 e. The number of hydrogen-bond acceptors (Lipinski definition) is 3. The molecule has 0 radical (unpaired) electrons. The van der Waals surface area contributed by atoms with E-state index in [1.807, 2.05) is 26.2 Å². The smallest absolute Gasteiger partial charge is 0.134 e. The summed E-state index contributed by atoms with van der Waals surface area (Å²) < 4.78 is 7.69. The molecule has 0 aliphatic rings. The van der Waals surface area contributed by atoms with Gasteiger partial charge in [0.2, 0.25) is 0 Å². The summed E-state index contributed by atoms with van der Waals surface area (Å²) in [5.74, 6) is 0.814. The maximum absolute atomic E-state index is 6.29. The van der Waals surface area contributed by atoms with Crippen molar-refractivity contribution in [2.75, 3.05) is 0 Å². The fourth-order valence-electron chi connectivity index (χ4n) is 2.40. The molecule has 0 aliphatic carbocycles. The van der Waals surface area contributed by atoms with Crippen LogP contribution >= 0.6 is 0 Å². The van der Waals surface area contributed by atoms with Gasteiger partial charge in [0.05, 0.1) is 12.2 Å². The van der Waals surface area contributed by atoms with E-state index in [1.54, 1.807) is 10.9 Å². The lowest BCUT2D eigenvalue weighted by Gasteiger charge is -2.06. The highest BCUT2D eigenvalue weighted by molar-refractivity contribution is 5.82. The molecule has 0 spiro atoms. The van der Waals surface area contributed by atoms with Gasteiger partial charge < -0.3 is 10.2 Å². The third-order valence-electron chi connectivity index (χ3n) is 3.50. The predicted molar refractivity (Wildman–Crippen MR) is 74.9 cm³/mol. The molecule has 98 valence electrons. The SMILES string of the molecule is Cc1ccc2c(C)c(C(N)c3cnn(C)c3)oc2c1. The fraction of sp³-hybridized carbons (Fsp3) is 0.267. The van der Waals surface area contributed by atoms with Gasteiger partial charge in [-0.15, -0.1) is 0 Å². The second-order valence-electron chi connectivity index (χ2n) is 5.02. The van der Waals surface area contributed by atoms with Crippen LogP contribution in [0.1, 0.15) is 28.5 Å². The number of furan rings is 1. The highest BCUT2D eigenvalue weighted by Crippen LogP contribution is 2.31. The molecule has 1 atom stereocenters.